The number of piperazine rings is 1. The number of rotatable bonds is 13. The Bertz CT molecular complexity index is 2150. The van der Waals surface area contributed by atoms with Gasteiger partial charge in [0.15, 0.2) is 5.65 Å². The van der Waals surface area contributed by atoms with Crippen molar-refractivity contribution >= 4 is 28.5 Å². The number of ether oxygens (including phenoxy) is 1. The van der Waals surface area contributed by atoms with Crippen LogP contribution in [0.4, 0.5) is 10.1 Å². The highest BCUT2D eigenvalue weighted by atomic mass is 19.1. The lowest BCUT2D eigenvalue weighted by atomic mass is 10.00. The number of fused-ring (bicyclic) bond motifs is 1. The van der Waals surface area contributed by atoms with Crippen LogP contribution in [0.15, 0.2) is 72.9 Å². The second-order valence-corrected chi connectivity index (χ2v) is 14.5. The molecule has 55 heavy (non-hydrogen) atoms. The van der Waals surface area contributed by atoms with E-state index < -0.39 is 0 Å². The molecule has 4 N–H and O–H groups in total. The molecule has 1 atom stereocenters. The highest BCUT2D eigenvalue weighted by Crippen LogP contribution is 2.31. The highest BCUT2D eigenvalue weighted by Gasteiger charge is 2.23. The molecule has 7 rings (SSSR count). The molecule has 0 bridgehead atoms. The topological polar surface area (TPSA) is 125 Å². The zero-order chi connectivity index (χ0) is 38.3. The standard InChI is InChI=1S/C43H51FN8O3/c1-4-39-36(40(49-34-14-18-55-19-15-34)37-25-48-52(5-2)41(37)50-39)24-47-43(54)33-11-7-10-32(22-33)42(53)46-23-29-12-13-38(44)35(21-29)31-9-6-8-30(20-31)27-51-17-16-45-28(3)26-51/h6-13,20-22,25,28,34,45H,4-5,14-19,23-24,26-27H2,1-3H3,(H,46,53)(H,47,54)(H,49,50)/t28-/m1/s1. The summed E-state index contributed by atoms with van der Waals surface area (Å²) < 4.78 is 22.6. The fraction of sp³-hybridized carbons (Fsp3) is 0.395. The minimum atomic E-state index is -0.327. The summed E-state index contributed by atoms with van der Waals surface area (Å²) in [4.78, 5) is 34.3. The number of hydrogen-bond donors (Lipinski definition) is 4. The number of halogens is 1. The summed E-state index contributed by atoms with van der Waals surface area (Å²) in [5.74, 6) is -0.937. The Hall–Kier alpha value is -5.17. The van der Waals surface area contributed by atoms with E-state index in [1.54, 1.807) is 36.4 Å². The lowest BCUT2D eigenvalue weighted by Gasteiger charge is -2.31. The maximum Gasteiger partial charge on any atom is 0.251 e. The molecule has 2 aliphatic heterocycles. The van der Waals surface area contributed by atoms with Crippen molar-refractivity contribution in [2.24, 2.45) is 0 Å². The van der Waals surface area contributed by atoms with E-state index in [4.69, 9.17) is 9.72 Å². The average Bonchev–Trinajstić information content (AvgIpc) is 3.63. The predicted molar refractivity (Wildman–Crippen MR) is 213 cm³/mol. The number of carbonyl (C=O) groups excluding carboxylic acids is 2. The number of amides is 2. The minimum absolute atomic E-state index is 0.202. The number of hydrogen-bond acceptors (Lipinski definition) is 8. The second kappa shape index (κ2) is 17.5. The molecule has 0 saturated carbocycles. The molecule has 5 aromatic rings. The number of aryl methyl sites for hydroxylation is 2. The summed E-state index contributed by atoms with van der Waals surface area (Å²) in [5, 5.41) is 18.8. The van der Waals surface area contributed by atoms with Crippen molar-refractivity contribution < 1.29 is 18.7 Å². The molecule has 288 valence electrons. The second-order valence-electron chi connectivity index (χ2n) is 14.5. The van der Waals surface area contributed by atoms with Crippen molar-refractivity contribution in [1.82, 2.24) is 35.6 Å². The van der Waals surface area contributed by atoms with Gasteiger partial charge in [0.05, 0.1) is 17.3 Å². The fourth-order valence-electron chi connectivity index (χ4n) is 7.61. The van der Waals surface area contributed by atoms with Gasteiger partial charge in [0.1, 0.15) is 5.82 Å². The van der Waals surface area contributed by atoms with E-state index in [1.165, 1.54) is 6.07 Å². The van der Waals surface area contributed by atoms with Crippen LogP contribution in [-0.2, 0) is 37.3 Å². The molecule has 2 saturated heterocycles. The normalized spacial score (nSPS) is 16.6. The molecule has 0 unspecified atom stereocenters. The molecule has 0 spiro atoms. The number of pyridine rings is 1. The SMILES string of the molecule is CCc1nc2c(cnn2CC)c(NC2CCOCC2)c1CNC(=O)c1cccc(C(=O)NCc2ccc(F)c(-c3cccc(CN4CCN[C@H](C)C4)c3)c2)c1. The Balaban J connectivity index is 1.02. The van der Waals surface area contributed by atoms with Crippen molar-refractivity contribution in [2.75, 3.05) is 38.2 Å². The van der Waals surface area contributed by atoms with Crippen LogP contribution in [0, 0.1) is 5.82 Å². The molecule has 0 aliphatic carbocycles. The summed E-state index contributed by atoms with van der Waals surface area (Å²) >= 11 is 0. The first-order chi connectivity index (χ1) is 26.8. The lowest BCUT2D eigenvalue weighted by Crippen LogP contribution is -2.48. The number of nitrogens with zero attached hydrogens (tertiary/aromatic N) is 4. The lowest BCUT2D eigenvalue weighted by molar-refractivity contribution is 0.0904. The van der Waals surface area contributed by atoms with E-state index in [1.807, 2.05) is 36.0 Å². The van der Waals surface area contributed by atoms with Crippen molar-refractivity contribution in [3.8, 4) is 11.1 Å². The van der Waals surface area contributed by atoms with Crippen LogP contribution in [0.3, 0.4) is 0 Å². The van der Waals surface area contributed by atoms with Gasteiger partial charge in [-0.1, -0.05) is 37.3 Å². The third-order valence-electron chi connectivity index (χ3n) is 10.6. The third-order valence-corrected chi connectivity index (χ3v) is 10.6. The fourth-order valence-corrected chi connectivity index (χ4v) is 7.61. The smallest absolute Gasteiger partial charge is 0.251 e. The molecule has 3 aromatic carbocycles. The van der Waals surface area contributed by atoms with E-state index in [-0.39, 0.29) is 36.8 Å². The van der Waals surface area contributed by atoms with Gasteiger partial charge in [0, 0.05) is 99.1 Å². The third kappa shape index (κ3) is 9.04. The van der Waals surface area contributed by atoms with Crippen LogP contribution in [0.5, 0.6) is 0 Å². The quantitative estimate of drug-likeness (QED) is 0.115. The van der Waals surface area contributed by atoms with E-state index in [9.17, 15) is 9.59 Å². The Kier molecular flexibility index (Phi) is 12.1. The van der Waals surface area contributed by atoms with Gasteiger partial charge in [-0.3, -0.25) is 14.5 Å². The van der Waals surface area contributed by atoms with Crippen LogP contribution in [0.1, 0.15) is 76.7 Å². The summed E-state index contributed by atoms with van der Waals surface area (Å²) in [6.07, 6.45) is 4.31. The maximum absolute atomic E-state index is 15.1. The van der Waals surface area contributed by atoms with E-state index in [0.29, 0.717) is 48.9 Å². The van der Waals surface area contributed by atoms with E-state index >= 15 is 4.39 Å². The van der Waals surface area contributed by atoms with Crippen LogP contribution < -0.4 is 21.3 Å². The van der Waals surface area contributed by atoms with Crippen molar-refractivity contribution in [1.29, 1.82) is 0 Å². The molecule has 2 aromatic heterocycles. The largest absolute Gasteiger partial charge is 0.381 e. The number of carbonyl (C=O) groups is 2. The summed E-state index contributed by atoms with van der Waals surface area (Å²) in [6, 6.07) is 20.3. The van der Waals surface area contributed by atoms with Crippen molar-refractivity contribution in [2.45, 2.75) is 78.3 Å². The van der Waals surface area contributed by atoms with Gasteiger partial charge in [-0.05, 0) is 86.2 Å². The van der Waals surface area contributed by atoms with Gasteiger partial charge in [0.25, 0.3) is 11.8 Å². The van der Waals surface area contributed by atoms with Crippen LogP contribution >= 0.6 is 0 Å². The molecule has 11 nitrogen and oxygen atoms in total. The molecular weight excluding hydrogens is 696 g/mol. The highest BCUT2D eigenvalue weighted by molar-refractivity contribution is 6.00. The molecular formula is C43H51FN8O3. The Morgan fingerprint density at radius 1 is 0.945 bits per heavy atom. The van der Waals surface area contributed by atoms with Gasteiger partial charge >= 0.3 is 0 Å². The van der Waals surface area contributed by atoms with Gasteiger partial charge in [-0.2, -0.15) is 5.10 Å². The molecule has 4 heterocycles. The molecule has 0 radical (unpaired) electrons. The van der Waals surface area contributed by atoms with Crippen LogP contribution in [-0.4, -0.2) is 76.4 Å². The summed E-state index contributed by atoms with van der Waals surface area (Å²) in [6.45, 7) is 12.6. The Morgan fingerprint density at radius 2 is 1.71 bits per heavy atom. The van der Waals surface area contributed by atoms with Crippen molar-refractivity contribution in [3.63, 3.8) is 0 Å². The molecule has 2 fully saturated rings. The van der Waals surface area contributed by atoms with Gasteiger partial charge in [0.2, 0.25) is 0 Å². The van der Waals surface area contributed by atoms with Crippen molar-refractivity contribution in [3.05, 3.63) is 112 Å². The van der Waals surface area contributed by atoms with Crippen LogP contribution in [0.25, 0.3) is 22.2 Å². The number of nitrogens with one attached hydrogen (secondary N) is 4. The van der Waals surface area contributed by atoms with E-state index in [0.717, 1.165) is 83.7 Å². The van der Waals surface area contributed by atoms with E-state index in [2.05, 4.69) is 51.2 Å². The summed E-state index contributed by atoms with van der Waals surface area (Å²) in [7, 11) is 0. The zero-order valence-electron chi connectivity index (χ0n) is 32.0. The van der Waals surface area contributed by atoms with Gasteiger partial charge < -0.3 is 26.0 Å². The number of aromatic nitrogens is 3. The molecule has 12 heteroatoms. The number of anilines is 1. The maximum atomic E-state index is 15.1. The number of benzene rings is 3. The monoisotopic (exact) mass is 746 g/mol. The summed E-state index contributed by atoms with van der Waals surface area (Å²) in [5.41, 5.74) is 7.52. The van der Waals surface area contributed by atoms with Gasteiger partial charge in [-0.25, -0.2) is 14.1 Å². The predicted octanol–water partition coefficient (Wildman–Crippen LogP) is 6.06. The minimum Gasteiger partial charge on any atom is -0.381 e. The Morgan fingerprint density at radius 3 is 2.45 bits per heavy atom. The molecule has 2 aliphatic rings. The van der Waals surface area contributed by atoms with Gasteiger partial charge in [-0.15, -0.1) is 0 Å². The first-order valence-electron chi connectivity index (χ1n) is 19.5. The zero-order valence-corrected chi connectivity index (χ0v) is 32.0. The Labute approximate surface area is 322 Å². The molecule has 2 amide bonds. The first-order valence-corrected chi connectivity index (χ1v) is 19.5. The van der Waals surface area contributed by atoms with Crippen LogP contribution in [0.2, 0.25) is 0 Å². The average molecular weight is 747 g/mol. The first kappa shape index (κ1) is 38.1.